The molecule has 0 spiro atoms. The van der Waals surface area contributed by atoms with E-state index in [9.17, 15) is 26.3 Å². The highest BCUT2D eigenvalue weighted by molar-refractivity contribution is 5.70. The molecule has 2 rings (SSSR count). The molecule has 0 fully saturated rings. The number of hydrogen-bond donors (Lipinski definition) is 1. The molecule has 0 heterocycles. The summed E-state index contributed by atoms with van der Waals surface area (Å²) in [6.45, 7) is 3.25. The Bertz CT molecular complexity index is 1080. The Kier molecular flexibility index (Phi) is 22.6. The lowest BCUT2D eigenvalue weighted by Gasteiger charge is -2.14. The zero-order valence-corrected chi connectivity index (χ0v) is 30.4. The molecule has 0 atom stereocenters. The van der Waals surface area contributed by atoms with Gasteiger partial charge in [-0.2, -0.15) is 26.3 Å². The first-order valence-electron chi connectivity index (χ1n) is 19.7. The third-order valence-electron chi connectivity index (χ3n) is 9.56. The van der Waals surface area contributed by atoms with Crippen LogP contribution in [0.25, 0.3) is 11.1 Å². The lowest BCUT2D eigenvalue weighted by Crippen LogP contribution is -2.06. The third kappa shape index (κ3) is 23.0. The van der Waals surface area contributed by atoms with E-state index in [-0.39, 0.29) is 12.8 Å². The molecule has 49 heavy (non-hydrogen) atoms. The van der Waals surface area contributed by atoms with Crippen LogP contribution in [0.2, 0.25) is 0 Å². The Morgan fingerprint density at radius 3 is 1.43 bits per heavy atom. The van der Waals surface area contributed by atoms with Crippen molar-refractivity contribution in [2.24, 2.45) is 0 Å². The Morgan fingerprint density at radius 1 is 0.469 bits per heavy atom. The summed E-state index contributed by atoms with van der Waals surface area (Å²) in [6.07, 6.45) is 15.0. The van der Waals surface area contributed by atoms with Crippen molar-refractivity contribution >= 4 is 5.69 Å². The Morgan fingerprint density at radius 2 is 0.918 bits per heavy atom. The number of benzene rings is 2. The van der Waals surface area contributed by atoms with Crippen LogP contribution >= 0.6 is 0 Å². The smallest absolute Gasteiger partial charge is 0.385 e. The summed E-state index contributed by atoms with van der Waals surface area (Å²) in [7, 11) is 0. The summed E-state index contributed by atoms with van der Waals surface area (Å²) in [5.74, 6) is 0. The van der Waals surface area contributed by atoms with E-state index in [1.54, 1.807) is 0 Å². The molecule has 2 aromatic carbocycles. The number of rotatable bonds is 29. The molecule has 0 radical (unpaired) electrons. The predicted octanol–water partition coefficient (Wildman–Crippen LogP) is 15.4. The van der Waals surface area contributed by atoms with Crippen LogP contribution in [0, 0.1) is 0 Å². The van der Waals surface area contributed by atoms with E-state index < -0.39 is 25.2 Å². The maximum absolute atomic E-state index is 12.4. The van der Waals surface area contributed by atoms with Crippen LogP contribution in [0.4, 0.5) is 32.0 Å². The molecule has 0 saturated heterocycles. The summed E-state index contributed by atoms with van der Waals surface area (Å²) in [5.41, 5.74) is 6.31. The van der Waals surface area contributed by atoms with Gasteiger partial charge < -0.3 is 5.32 Å². The summed E-state index contributed by atoms with van der Waals surface area (Å²) in [5, 5.41) is 3.59. The Labute approximate surface area is 294 Å². The Balaban J connectivity index is 1.84. The molecule has 0 saturated carbocycles. The molecular weight excluding hydrogens is 632 g/mol. The average molecular weight is 698 g/mol. The van der Waals surface area contributed by atoms with Crippen molar-refractivity contribution in [1.29, 1.82) is 0 Å². The number of halogens is 6. The van der Waals surface area contributed by atoms with Gasteiger partial charge in [0.25, 0.3) is 0 Å². The van der Waals surface area contributed by atoms with Crippen molar-refractivity contribution in [1.82, 2.24) is 0 Å². The monoisotopic (exact) mass is 698 g/mol. The first-order valence-corrected chi connectivity index (χ1v) is 19.7. The molecule has 7 heteroatoms. The van der Waals surface area contributed by atoms with Gasteiger partial charge in [-0.1, -0.05) is 146 Å². The van der Waals surface area contributed by atoms with Gasteiger partial charge in [0.2, 0.25) is 0 Å². The van der Waals surface area contributed by atoms with Crippen molar-refractivity contribution in [2.75, 3.05) is 11.9 Å². The second kappa shape index (κ2) is 25.7. The molecule has 0 amide bonds. The van der Waals surface area contributed by atoms with Crippen LogP contribution in [-0.4, -0.2) is 18.9 Å². The summed E-state index contributed by atoms with van der Waals surface area (Å²) in [6, 6.07) is 15.7. The standard InChI is InChI=1S/C42H65F6N/c1-2-3-4-5-6-13-18-23-34-49-39-30-28-38(29-31-39)40-35-36(24-19-14-9-7-11-16-21-32-41(43,44)45)26-27-37(40)25-20-15-10-8-12-17-22-33-42(46,47)48/h26-31,35,49H,2-25,32-34H2,1H3. The average Bonchev–Trinajstić information content (AvgIpc) is 3.05. The quantitative estimate of drug-likeness (QED) is 0.0659. The molecule has 1 nitrogen and oxygen atoms in total. The van der Waals surface area contributed by atoms with E-state index >= 15 is 0 Å². The summed E-state index contributed by atoms with van der Waals surface area (Å²) in [4.78, 5) is 0. The lowest BCUT2D eigenvalue weighted by atomic mass is 9.92. The first kappa shape index (κ1) is 43.0. The van der Waals surface area contributed by atoms with Crippen LogP contribution < -0.4 is 5.32 Å². The van der Waals surface area contributed by atoms with E-state index in [1.807, 2.05) is 0 Å². The molecule has 0 aliphatic rings. The van der Waals surface area contributed by atoms with Crippen LogP contribution in [0.5, 0.6) is 0 Å². The molecule has 0 aliphatic carbocycles. The van der Waals surface area contributed by atoms with Gasteiger partial charge in [0.05, 0.1) is 0 Å². The zero-order chi connectivity index (χ0) is 35.6. The third-order valence-corrected chi connectivity index (χ3v) is 9.56. The second-order valence-electron chi connectivity index (χ2n) is 14.2. The molecule has 2 aromatic rings. The van der Waals surface area contributed by atoms with E-state index in [0.29, 0.717) is 12.8 Å². The first-order chi connectivity index (χ1) is 23.6. The fourth-order valence-corrected chi connectivity index (χ4v) is 6.59. The zero-order valence-electron chi connectivity index (χ0n) is 30.4. The molecule has 0 bridgehead atoms. The highest BCUT2D eigenvalue weighted by atomic mass is 19.4. The SMILES string of the molecule is CCCCCCCCCCNc1ccc(-c2cc(CCCCCCCCCC(F)(F)F)ccc2CCCCCCCCCC(F)(F)F)cc1. The number of alkyl halides is 6. The van der Waals surface area contributed by atoms with Crippen molar-refractivity contribution in [3.63, 3.8) is 0 Å². The number of hydrogen-bond acceptors (Lipinski definition) is 1. The lowest BCUT2D eigenvalue weighted by molar-refractivity contribution is -0.136. The molecule has 280 valence electrons. The van der Waals surface area contributed by atoms with Gasteiger partial charge in [0.1, 0.15) is 0 Å². The summed E-state index contributed by atoms with van der Waals surface area (Å²) >= 11 is 0. The Hall–Kier alpha value is -2.18. The highest BCUT2D eigenvalue weighted by Gasteiger charge is 2.26. The van der Waals surface area contributed by atoms with Crippen LogP contribution in [0.1, 0.15) is 172 Å². The van der Waals surface area contributed by atoms with Gasteiger partial charge in [-0.3, -0.25) is 0 Å². The highest BCUT2D eigenvalue weighted by Crippen LogP contribution is 2.30. The minimum absolute atomic E-state index is 0.234. The molecule has 0 unspecified atom stereocenters. The number of aryl methyl sites for hydroxylation is 2. The van der Waals surface area contributed by atoms with E-state index in [0.717, 1.165) is 89.3 Å². The van der Waals surface area contributed by atoms with Gasteiger partial charge in [-0.25, -0.2) is 0 Å². The molecular formula is C42H65F6N. The molecule has 0 aromatic heterocycles. The van der Waals surface area contributed by atoms with Crippen LogP contribution in [0.3, 0.4) is 0 Å². The predicted molar refractivity (Wildman–Crippen MR) is 196 cm³/mol. The van der Waals surface area contributed by atoms with Gasteiger partial charge in [-0.15, -0.1) is 0 Å². The van der Waals surface area contributed by atoms with Crippen molar-refractivity contribution in [2.45, 2.75) is 186 Å². The van der Waals surface area contributed by atoms with Gasteiger partial charge >= 0.3 is 12.4 Å². The van der Waals surface area contributed by atoms with Crippen LogP contribution in [-0.2, 0) is 12.8 Å². The summed E-state index contributed by atoms with van der Waals surface area (Å²) < 4.78 is 74.0. The largest absolute Gasteiger partial charge is 0.389 e. The topological polar surface area (TPSA) is 12.0 Å². The maximum atomic E-state index is 12.4. The van der Waals surface area contributed by atoms with Crippen molar-refractivity contribution in [3.05, 3.63) is 53.6 Å². The minimum Gasteiger partial charge on any atom is -0.385 e. The fourth-order valence-electron chi connectivity index (χ4n) is 6.59. The van der Waals surface area contributed by atoms with Crippen molar-refractivity contribution in [3.8, 4) is 11.1 Å². The normalized spacial score (nSPS) is 12.1. The maximum Gasteiger partial charge on any atom is 0.389 e. The van der Waals surface area contributed by atoms with E-state index in [1.165, 1.54) is 73.6 Å². The van der Waals surface area contributed by atoms with E-state index in [2.05, 4.69) is 54.7 Å². The van der Waals surface area contributed by atoms with Gasteiger partial charge in [-0.05, 0) is 79.3 Å². The van der Waals surface area contributed by atoms with Crippen LogP contribution in [0.15, 0.2) is 42.5 Å². The number of anilines is 1. The number of unbranched alkanes of at least 4 members (excludes halogenated alkanes) is 19. The molecule has 0 aliphatic heterocycles. The molecule has 1 N–H and O–H groups in total. The van der Waals surface area contributed by atoms with Crippen molar-refractivity contribution < 1.29 is 26.3 Å². The second-order valence-corrected chi connectivity index (χ2v) is 14.2. The fraction of sp³-hybridized carbons (Fsp3) is 0.714. The van der Waals surface area contributed by atoms with Gasteiger partial charge in [0.15, 0.2) is 0 Å². The number of nitrogens with one attached hydrogen (secondary N) is 1. The minimum atomic E-state index is -4.04. The van der Waals surface area contributed by atoms with E-state index in [4.69, 9.17) is 0 Å². The van der Waals surface area contributed by atoms with Gasteiger partial charge in [0, 0.05) is 25.1 Å².